The van der Waals surface area contributed by atoms with Gasteiger partial charge in [-0.25, -0.2) is 13.5 Å². The van der Waals surface area contributed by atoms with E-state index in [1.165, 1.54) is 18.3 Å². The largest absolute Gasteiger partial charge is 0.381 e. The number of hydrogen-bond donors (Lipinski definition) is 1. The van der Waals surface area contributed by atoms with Gasteiger partial charge >= 0.3 is 0 Å². The van der Waals surface area contributed by atoms with Crippen molar-refractivity contribution >= 4 is 21.6 Å². The summed E-state index contributed by atoms with van der Waals surface area (Å²) in [7, 11) is 0. The molecule has 21 heavy (non-hydrogen) atoms. The zero-order chi connectivity index (χ0) is 15.6. The van der Waals surface area contributed by atoms with Crippen LogP contribution in [0, 0.1) is 11.6 Å². The van der Waals surface area contributed by atoms with Gasteiger partial charge in [-0.05, 0) is 41.9 Å². The van der Waals surface area contributed by atoms with Crippen LogP contribution in [0.1, 0.15) is 19.4 Å². The van der Waals surface area contributed by atoms with Crippen LogP contribution in [0.25, 0.3) is 0 Å². The van der Waals surface area contributed by atoms with Crippen LogP contribution in [-0.4, -0.2) is 15.8 Å². The summed E-state index contributed by atoms with van der Waals surface area (Å²) in [6.07, 6.45) is 1.45. The SMILES string of the molecule is CC(C)Nc1cnn(Cc2c(F)ccc(Br)c2F)c(=O)c1. The second-order valence-electron chi connectivity index (χ2n) is 4.86. The normalized spacial score (nSPS) is 11.0. The number of rotatable bonds is 4. The van der Waals surface area contributed by atoms with E-state index < -0.39 is 17.2 Å². The molecule has 0 saturated heterocycles. The molecule has 2 rings (SSSR count). The standard InChI is InChI=1S/C14H14BrF2N3O/c1-8(2)19-9-5-13(21)20(18-6-9)7-10-12(16)4-3-11(15)14(10)17/h3-6,8,19H,7H2,1-2H3. The van der Waals surface area contributed by atoms with Crippen molar-refractivity contribution in [3.8, 4) is 0 Å². The van der Waals surface area contributed by atoms with Gasteiger partial charge in [0, 0.05) is 17.7 Å². The summed E-state index contributed by atoms with van der Waals surface area (Å²) in [4.78, 5) is 11.9. The molecule has 1 aromatic heterocycles. The molecule has 4 nitrogen and oxygen atoms in total. The second kappa shape index (κ2) is 6.34. The van der Waals surface area contributed by atoms with Gasteiger partial charge in [0.1, 0.15) is 11.6 Å². The van der Waals surface area contributed by atoms with Crippen molar-refractivity contribution in [2.75, 3.05) is 5.32 Å². The first kappa shape index (κ1) is 15.6. The molecule has 1 heterocycles. The minimum Gasteiger partial charge on any atom is -0.381 e. The summed E-state index contributed by atoms with van der Waals surface area (Å²) in [5, 5.41) is 6.97. The molecule has 0 spiro atoms. The first-order valence-corrected chi connectivity index (χ1v) is 7.14. The summed E-state index contributed by atoms with van der Waals surface area (Å²) in [6.45, 7) is 3.59. The minimum absolute atomic E-state index is 0.144. The first-order valence-electron chi connectivity index (χ1n) is 6.34. The van der Waals surface area contributed by atoms with Crippen molar-refractivity contribution in [2.24, 2.45) is 0 Å². The van der Waals surface area contributed by atoms with Crippen LogP contribution in [0.5, 0.6) is 0 Å². The highest BCUT2D eigenvalue weighted by atomic mass is 79.9. The Morgan fingerprint density at radius 2 is 2.10 bits per heavy atom. The Labute approximate surface area is 128 Å². The Morgan fingerprint density at radius 1 is 1.38 bits per heavy atom. The zero-order valence-corrected chi connectivity index (χ0v) is 13.1. The van der Waals surface area contributed by atoms with Crippen LogP contribution in [0.15, 0.2) is 33.7 Å². The number of benzene rings is 1. The molecule has 1 aromatic carbocycles. The molecule has 0 aliphatic rings. The smallest absolute Gasteiger partial charge is 0.269 e. The molecule has 0 bridgehead atoms. The highest BCUT2D eigenvalue weighted by Crippen LogP contribution is 2.21. The molecule has 0 unspecified atom stereocenters. The molecule has 2 aromatic rings. The molecule has 1 N–H and O–H groups in total. The molecule has 0 saturated carbocycles. The van der Waals surface area contributed by atoms with Crippen LogP contribution >= 0.6 is 15.9 Å². The van der Waals surface area contributed by atoms with E-state index in [2.05, 4.69) is 26.3 Å². The zero-order valence-electron chi connectivity index (χ0n) is 11.5. The van der Waals surface area contributed by atoms with Crippen molar-refractivity contribution in [1.82, 2.24) is 9.78 Å². The van der Waals surface area contributed by atoms with Gasteiger partial charge in [-0.3, -0.25) is 4.79 Å². The lowest BCUT2D eigenvalue weighted by molar-refractivity contribution is 0.521. The third-order valence-corrected chi connectivity index (χ3v) is 3.38. The van der Waals surface area contributed by atoms with Crippen LogP contribution in [0.2, 0.25) is 0 Å². The van der Waals surface area contributed by atoms with Gasteiger partial charge in [-0.2, -0.15) is 5.10 Å². The van der Waals surface area contributed by atoms with Crippen molar-refractivity contribution in [3.63, 3.8) is 0 Å². The molecule has 0 atom stereocenters. The monoisotopic (exact) mass is 357 g/mol. The Balaban J connectivity index is 2.33. The molecule has 0 radical (unpaired) electrons. The number of aromatic nitrogens is 2. The Morgan fingerprint density at radius 3 is 2.71 bits per heavy atom. The van der Waals surface area contributed by atoms with Crippen LogP contribution in [0.4, 0.5) is 14.5 Å². The van der Waals surface area contributed by atoms with Crippen molar-refractivity contribution in [1.29, 1.82) is 0 Å². The molecule has 0 aliphatic heterocycles. The number of halogens is 3. The first-order chi connectivity index (χ1) is 9.88. The van der Waals surface area contributed by atoms with E-state index in [-0.39, 0.29) is 22.6 Å². The van der Waals surface area contributed by atoms with Gasteiger partial charge in [-0.15, -0.1) is 0 Å². The topological polar surface area (TPSA) is 46.9 Å². The molecule has 112 valence electrons. The van der Waals surface area contributed by atoms with Crippen LogP contribution < -0.4 is 10.9 Å². The van der Waals surface area contributed by atoms with Gasteiger partial charge in [0.05, 0.1) is 22.9 Å². The lowest BCUT2D eigenvalue weighted by Crippen LogP contribution is -2.25. The summed E-state index contributed by atoms with van der Waals surface area (Å²) >= 11 is 2.99. The highest BCUT2D eigenvalue weighted by Gasteiger charge is 2.14. The predicted molar refractivity (Wildman–Crippen MR) is 80.4 cm³/mol. The summed E-state index contributed by atoms with van der Waals surface area (Å²) < 4.78 is 28.7. The van der Waals surface area contributed by atoms with Gasteiger partial charge < -0.3 is 5.32 Å². The minimum atomic E-state index is -0.729. The number of anilines is 1. The maximum Gasteiger partial charge on any atom is 0.269 e. The summed E-state index contributed by atoms with van der Waals surface area (Å²) in [6, 6.07) is 3.92. The van der Waals surface area contributed by atoms with Gasteiger partial charge in [0.25, 0.3) is 5.56 Å². The lowest BCUT2D eigenvalue weighted by atomic mass is 10.2. The van der Waals surface area contributed by atoms with Crippen molar-refractivity contribution in [3.05, 3.63) is 56.4 Å². The fourth-order valence-electron chi connectivity index (χ4n) is 1.83. The Hall–Kier alpha value is -1.76. The van der Waals surface area contributed by atoms with E-state index in [0.29, 0.717) is 5.69 Å². The van der Waals surface area contributed by atoms with E-state index >= 15 is 0 Å². The quantitative estimate of drug-likeness (QED) is 0.855. The number of nitrogens with one attached hydrogen (secondary N) is 1. The number of hydrogen-bond acceptors (Lipinski definition) is 3. The predicted octanol–water partition coefficient (Wildman–Crippen LogP) is 3.15. The second-order valence-corrected chi connectivity index (χ2v) is 5.72. The maximum absolute atomic E-state index is 13.9. The average molecular weight is 358 g/mol. The molecule has 0 amide bonds. The summed E-state index contributed by atoms with van der Waals surface area (Å²) in [5.41, 5.74) is -0.0654. The van der Waals surface area contributed by atoms with E-state index in [1.54, 1.807) is 0 Å². The van der Waals surface area contributed by atoms with Crippen molar-refractivity contribution in [2.45, 2.75) is 26.4 Å². The summed E-state index contributed by atoms with van der Waals surface area (Å²) in [5.74, 6) is -1.44. The van der Waals surface area contributed by atoms with Gasteiger partial charge in [-0.1, -0.05) is 0 Å². The molecule has 7 heteroatoms. The lowest BCUT2D eigenvalue weighted by Gasteiger charge is -2.11. The highest BCUT2D eigenvalue weighted by molar-refractivity contribution is 9.10. The Bertz CT molecular complexity index is 716. The third-order valence-electron chi connectivity index (χ3n) is 2.77. The molecular formula is C14H14BrF2N3O. The van der Waals surface area contributed by atoms with Crippen molar-refractivity contribution < 1.29 is 8.78 Å². The molecular weight excluding hydrogens is 344 g/mol. The van der Waals surface area contributed by atoms with Crippen LogP contribution in [0.3, 0.4) is 0 Å². The number of nitrogens with zero attached hydrogens (tertiary/aromatic N) is 2. The van der Waals surface area contributed by atoms with E-state index in [0.717, 1.165) is 10.7 Å². The molecule has 0 fully saturated rings. The maximum atomic E-state index is 13.9. The van der Waals surface area contributed by atoms with E-state index in [9.17, 15) is 13.6 Å². The fourth-order valence-corrected chi connectivity index (χ4v) is 2.20. The third kappa shape index (κ3) is 3.66. The van der Waals surface area contributed by atoms with E-state index in [1.807, 2.05) is 13.8 Å². The van der Waals surface area contributed by atoms with E-state index in [4.69, 9.17) is 0 Å². The fraction of sp³-hybridized carbons (Fsp3) is 0.286. The van der Waals surface area contributed by atoms with Gasteiger partial charge in [0.15, 0.2) is 0 Å². The average Bonchev–Trinajstić information content (AvgIpc) is 2.41. The molecule has 0 aliphatic carbocycles. The Kier molecular flexibility index (Phi) is 4.72. The van der Waals surface area contributed by atoms with Crippen LogP contribution in [-0.2, 0) is 6.54 Å². The van der Waals surface area contributed by atoms with Gasteiger partial charge in [0.2, 0.25) is 0 Å².